The first-order chi connectivity index (χ1) is 16.8. The third-order valence-corrected chi connectivity index (χ3v) is 8.16. The zero-order valence-corrected chi connectivity index (χ0v) is 20.4. The molecule has 0 radical (unpaired) electrons. The second-order valence-corrected chi connectivity index (χ2v) is 10.5. The summed E-state index contributed by atoms with van der Waals surface area (Å²) in [7, 11) is 0. The topological polar surface area (TPSA) is 18.5 Å². The molecular weight excluding hydrogens is 454 g/mol. The first-order valence-corrected chi connectivity index (χ1v) is 13.0. The fourth-order valence-electron chi connectivity index (χ4n) is 6.20. The van der Waals surface area contributed by atoms with Gasteiger partial charge in [0.1, 0.15) is 23.1 Å². The smallest absolute Gasteiger partial charge is 0.137 e. The average molecular weight is 490 g/mol. The number of allylic oxidation sites excluding steroid dienone is 4. The van der Waals surface area contributed by atoms with Crippen LogP contribution in [0.2, 0.25) is 0 Å². The van der Waals surface area contributed by atoms with Gasteiger partial charge in [-0.2, -0.15) is 0 Å². The van der Waals surface area contributed by atoms with Crippen LogP contribution in [0.15, 0.2) is 53.5 Å². The lowest BCUT2D eigenvalue weighted by Gasteiger charge is -2.47. The zero-order valence-electron chi connectivity index (χ0n) is 20.4. The number of piperidine rings is 1. The van der Waals surface area contributed by atoms with Gasteiger partial charge < -0.3 is 10.2 Å². The maximum atomic E-state index is 15.7. The fraction of sp³-hybridized carbons (Fsp3) is 0.571. The van der Waals surface area contributed by atoms with Gasteiger partial charge in [-0.3, -0.25) is 4.90 Å². The Morgan fingerprint density at radius 1 is 1.06 bits per heavy atom. The summed E-state index contributed by atoms with van der Waals surface area (Å²) in [5, 5.41) is 3.71. The number of piperazine rings is 1. The van der Waals surface area contributed by atoms with Gasteiger partial charge in [0, 0.05) is 61.5 Å². The van der Waals surface area contributed by atoms with Gasteiger partial charge >= 0.3 is 0 Å². The maximum Gasteiger partial charge on any atom is 0.137 e. The van der Waals surface area contributed by atoms with Crippen molar-refractivity contribution >= 4 is 0 Å². The van der Waals surface area contributed by atoms with Crippen molar-refractivity contribution in [2.45, 2.75) is 63.2 Å². The summed E-state index contributed by atoms with van der Waals surface area (Å²) in [5.41, 5.74) is 1.25. The van der Waals surface area contributed by atoms with Crippen molar-refractivity contribution in [1.29, 1.82) is 0 Å². The summed E-state index contributed by atoms with van der Waals surface area (Å²) < 4.78 is 58.3. The normalized spacial score (nSPS) is 30.6. The Kier molecular flexibility index (Phi) is 7.09. The number of nitrogens with one attached hydrogen (secondary N) is 1. The van der Waals surface area contributed by atoms with E-state index in [4.69, 9.17) is 0 Å². The average Bonchev–Trinajstić information content (AvgIpc) is 2.79. The summed E-state index contributed by atoms with van der Waals surface area (Å²) in [5.74, 6) is -2.79. The van der Waals surface area contributed by atoms with Crippen molar-refractivity contribution in [3.63, 3.8) is 0 Å². The van der Waals surface area contributed by atoms with Crippen molar-refractivity contribution in [3.05, 3.63) is 70.7 Å². The molecule has 4 atom stereocenters. The van der Waals surface area contributed by atoms with Gasteiger partial charge in [-0.1, -0.05) is 18.6 Å². The molecule has 1 aromatic carbocycles. The highest BCUT2D eigenvalue weighted by atomic mass is 19.2. The highest BCUT2D eigenvalue weighted by molar-refractivity contribution is 5.32. The molecule has 7 heteroatoms. The van der Waals surface area contributed by atoms with Crippen molar-refractivity contribution in [2.75, 3.05) is 32.7 Å². The molecule has 0 amide bonds. The zero-order chi connectivity index (χ0) is 24.6. The molecule has 3 nitrogen and oxygen atoms in total. The first kappa shape index (κ1) is 24.6. The molecule has 0 spiro atoms. The predicted octanol–water partition coefficient (Wildman–Crippen LogP) is 5.97. The summed E-state index contributed by atoms with van der Waals surface area (Å²) in [6.07, 6.45) is 10.9. The molecule has 3 unspecified atom stereocenters. The van der Waals surface area contributed by atoms with Crippen LogP contribution in [0.4, 0.5) is 17.6 Å². The number of hydrogen-bond acceptors (Lipinski definition) is 3. The van der Waals surface area contributed by atoms with Gasteiger partial charge in [0.05, 0.1) is 0 Å². The Balaban J connectivity index is 1.40. The van der Waals surface area contributed by atoms with Crippen LogP contribution in [0.25, 0.3) is 0 Å². The van der Waals surface area contributed by atoms with Gasteiger partial charge in [0.25, 0.3) is 0 Å². The Morgan fingerprint density at radius 2 is 1.83 bits per heavy atom. The first-order valence-electron chi connectivity index (χ1n) is 13.0. The van der Waals surface area contributed by atoms with Gasteiger partial charge in [-0.05, 0) is 69.4 Å². The van der Waals surface area contributed by atoms with E-state index < -0.39 is 35.1 Å². The molecule has 0 aromatic heterocycles. The molecule has 2 saturated heterocycles. The highest BCUT2D eigenvalue weighted by Crippen LogP contribution is 2.44. The quantitative estimate of drug-likeness (QED) is 0.514. The lowest BCUT2D eigenvalue weighted by atomic mass is 9.77. The van der Waals surface area contributed by atoms with Crippen LogP contribution < -0.4 is 5.32 Å². The second-order valence-electron chi connectivity index (χ2n) is 10.5. The number of nitrogens with zero attached hydrogens (tertiary/aromatic N) is 2. The number of hydrogen-bond donors (Lipinski definition) is 1. The number of halogens is 4. The highest BCUT2D eigenvalue weighted by Gasteiger charge is 2.44. The molecule has 35 heavy (non-hydrogen) atoms. The van der Waals surface area contributed by atoms with E-state index >= 15 is 8.78 Å². The van der Waals surface area contributed by atoms with Crippen LogP contribution in [-0.2, 0) is 0 Å². The minimum atomic E-state index is -1.99. The molecule has 1 N–H and O–H groups in total. The van der Waals surface area contributed by atoms with Crippen LogP contribution in [0.5, 0.6) is 0 Å². The van der Waals surface area contributed by atoms with E-state index in [1.807, 2.05) is 0 Å². The van der Waals surface area contributed by atoms with Crippen molar-refractivity contribution in [1.82, 2.24) is 15.1 Å². The SMILES string of the molecule is CC1(F)C=C(F)C=CC1C(c1ccc(F)cc1F)N1CCN(C(=C2CCC2)[C@@H]2CCCCN2)CC1. The molecule has 1 saturated carbocycles. The Bertz CT molecular complexity index is 1010. The molecule has 1 aromatic rings. The molecule has 2 heterocycles. The van der Waals surface area contributed by atoms with E-state index in [9.17, 15) is 8.78 Å². The summed E-state index contributed by atoms with van der Waals surface area (Å²) in [6.45, 7) is 5.15. The van der Waals surface area contributed by atoms with Crippen molar-refractivity contribution in [2.24, 2.45) is 5.92 Å². The fourth-order valence-corrected chi connectivity index (χ4v) is 6.20. The van der Waals surface area contributed by atoms with Crippen LogP contribution in [-0.4, -0.2) is 54.2 Å². The molecule has 3 fully saturated rings. The lowest BCUT2D eigenvalue weighted by molar-refractivity contribution is 0.0423. The minimum Gasteiger partial charge on any atom is -0.371 e. The van der Waals surface area contributed by atoms with Crippen molar-refractivity contribution < 1.29 is 17.6 Å². The Hall–Kier alpha value is -2.12. The van der Waals surface area contributed by atoms with Gasteiger partial charge in [-0.15, -0.1) is 0 Å². The summed E-state index contributed by atoms with van der Waals surface area (Å²) in [6, 6.07) is 3.20. The molecular formula is C28H35F4N3. The van der Waals surface area contributed by atoms with E-state index in [1.54, 1.807) is 5.57 Å². The van der Waals surface area contributed by atoms with Crippen LogP contribution in [0.3, 0.4) is 0 Å². The van der Waals surface area contributed by atoms with Crippen molar-refractivity contribution in [3.8, 4) is 0 Å². The molecule has 2 aliphatic carbocycles. The van der Waals surface area contributed by atoms with Crippen LogP contribution in [0.1, 0.15) is 57.1 Å². The number of alkyl halides is 1. The monoisotopic (exact) mass is 489 g/mol. The van der Waals surface area contributed by atoms with E-state index in [0.717, 1.165) is 51.0 Å². The predicted molar refractivity (Wildman–Crippen MR) is 130 cm³/mol. The number of benzene rings is 1. The standard InChI is InChI=1S/C28H35F4N3/c1-28(32)18-21(30)9-11-23(28)27(22-10-8-20(29)17-24(22)31)35-15-13-34(14-16-35)26(19-5-4-6-19)25-7-2-3-12-33-25/h8-11,17-18,23,25,27,33H,2-7,12-16H2,1H3/t23?,25-,27?,28?/m0/s1. The van der Waals surface area contributed by atoms with E-state index in [1.165, 1.54) is 56.2 Å². The minimum absolute atomic E-state index is 0.251. The van der Waals surface area contributed by atoms with Gasteiger partial charge in [0.15, 0.2) is 0 Å². The van der Waals surface area contributed by atoms with Crippen LogP contribution >= 0.6 is 0 Å². The van der Waals surface area contributed by atoms with E-state index in [0.29, 0.717) is 19.1 Å². The van der Waals surface area contributed by atoms with Gasteiger partial charge in [-0.25, -0.2) is 17.6 Å². The second kappa shape index (κ2) is 10.1. The summed E-state index contributed by atoms with van der Waals surface area (Å²) >= 11 is 0. The van der Waals surface area contributed by atoms with Crippen LogP contribution in [0, 0.1) is 17.6 Å². The van der Waals surface area contributed by atoms with E-state index in [-0.39, 0.29) is 5.56 Å². The third-order valence-electron chi connectivity index (χ3n) is 8.16. The lowest BCUT2D eigenvalue weighted by Crippen LogP contribution is -2.53. The molecule has 5 rings (SSSR count). The Morgan fingerprint density at radius 3 is 2.43 bits per heavy atom. The maximum absolute atomic E-state index is 15.7. The summed E-state index contributed by atoms with van der Waals surface area (Å²) in [4.78, 5) is 4.56. The molecule has 2 aliphatic heterocycles. The molecule has 0 bridgehead atoms. The number of rotatable bonds is 5. The molecule has 4 aliphatic rings. The Labute approximate surface area is 205 Å². The largest absolute Gasteiger partial charge is 0.371 e. The molecule has 190 valence electrons. The van der Waals surface area contributed by atoms with Gasteiger partial charge in [0.2, 0.25) is 0 Å². The van der Waals surface area contributed by atoms with E-state index in [2.05, 4.69) is 15.1 Å². The third kappa shape index (κ3) is 5.08.